The molecule has 1 amide bonds. The SMILES string of the molecule is CCNC(=NCc1ccc(OC)c(O)c1)N1CCC(C(=O)N2CCOCC2)CC1. The largest absolute Gasteiger partial charge is 0.504 e. The van der Waals surface area contributed by atoms with E-state index in [2.05, 4.69) is 10.2 Å². The number of nitrogens with zero attached hydrogens (tertiary/aromatic N) is 3. The van der Waals surface area contributed by atoms with Crippen LogP contribution in [-0.2, 0) is 16.1 Å². The normalized spacial score (nSPS) is 18.6. The number of morpholine rings is 1. The molecule has 8 heteroatoms. The lowest BCUT2D eigenvalue weighted by molar-refractivity contribution is -0.140. The average molecular weight is 405 g/mol. The number of carbonyl (C=O) groups excluding carboxylic acids is 1. The standard InChI is InChI=1S/C21H32N4O4/c1-3-22-21(23-15-16-4-5-19(28-2)18(26)14-16)25-8-6-17(7-9-25)20(27)24-10-12-29-13-11-24/h4-5,14,17,26H,3,6-13,15H2,1-2H3,(H,22,23). The van der Waals surface area contributed by atoms with Crippen molar-refractivity contribution in [3.63, 3.8) is 0 Å². The quantitative estimate of drug-likeness (QED) is 0.571. The average Bonchev–Trinajstić information content (AvgIpc) is 2.77. The highest BCUT2D eigenvalue weighted by atomic mass is 16.5. The summed E-state index contributed by atoms with van der Waals surface area (Å²) in [5.74, 6) is 1.78. The van der Waals surface area contributed by atoms with Crippen LogP contribution in [0.25, 0.3) is 0 Å². The fourth-order valence-corrected chi connectivity index (χ4v) is 3.81. The molecule has 0 bridgehead atoms. The highest BCUT2D eigenvalue weighted by Gasteiger charge is 2.30. The number of hydrogen-bond donors (Lipinski definition) is 2. The maximum atomic E-state index is 12.7. The molecule has 1 aromatic carbocycles. The summed E-state index contributed by atoms with van der Waals surface area (Å²) in [6.45, 7) is 7.59. The van der Waals surface area contributed by atoms with Gasteiger partial charge in [0, 0.05) is 38.6 Å². The minimum absolute atomic E-state index is 0.0887. The number of carbonyl (C=O) groups is 1. The van der Waals surface area contributed by atoms with Crippen molar-refractivity contribution >= 4 is 11.9 Å². The van der Waals surface area contributed by atoms with Crippen molar-refractivity contribution < 1.29 is 19.4 Å². The van der Waals surface area contributed by atoms with Crippen molar-refractivity contribution in [2.75, 3.05) is 53.0 Å². The number of ether oxygens (including phenoxy) is 2. The zero-order valence-corrected chi connectivity index (χ0v) is 17.4. The van der Waals surface area contributed by atoms with E-state index in [0.29, 0.717) is 38.6 Å². The molecule has 0 aliphatic carbocycles. The Bertz CT molecular complexity index is 711. The lowest BCUT2D eigenvalue weighted by Gasteiger charge is -2.36. The Balaban J connectivity index is 1.57. The van der Waals surface area contributed by atoms with Crippen molar-refractivity contribution in [1.82, 2.24) is 15.1 Å². The molecule has 0 atom stereocenters. The van der Waals surface area contributed by atoms with E-state index in [4.69, 9.17) is 14.5 Å². The van der Waals surface area contributed by atoms with E-state index in [1.54, 1.807) is 12.1 Å². The topological polar surface area (TPSA) is 86.6 Å². The molecule has 2 heterocycles. The van der Waals surface area contributed by atoms with Gasteiger partial charge in [-0.2, -0.15) is 0 Å². The third kappa shape index (κ3) is 5.53. The van der Waals surface area contributed by atoms with Crippen LogP contribution in [0.3, 0.4) is 0 Å². The van der Waals surface area contributed by atoms with E-state index < -0.39 is 0 Å². The summed E-state index contributed by atoms with van der Waals surface area (Å²) in [4.78, 5) is 21.6. The first kappa shape index (κ1) is 21.2. The van der Waals surface area contributed by atoms with Gasteiger partial charge in [0.15, 0.2) is 17.5 Å². The highest BCUT2D eigenvalue weighted by Crippen LogP contribution is 2.26. The van der Waals surface area contributed by atoms with Gasteiger partial charge in [0.2, 0.25) is 5.91 Å². The van der Waals surface area contributed by atoms with E-state index in [-0.39, 0.29) is 17.6 Å². The Labute approximate surface area is 172 Å². The van der Waals surface area contributed by atoms with Crippen LogP contribution >= 0.6 is 0 Å². The van der Waals surface area contributed by atoms with E-state index in [9.17, 15) is 9.90 Å². The Morgan fingerprint density at radius 3 is 2.59 bits per heavy atom. The Morgan fingerprint density at radius 1 is 1.24 bits per heavy atom. The van der Waals surface area contributed by atoms with Crippen LogP contribution in [0.4, 0.5) is 0 Å². The number of amides is 1. The van der Waals surface area contributed by atoms with Crippen LogP contribution < -0.4 is 10.1 Å². The third-order valence-electron chi connectivity index (χ3n) is 5.46. The Kier molecular flexibility index (Phi) is 7.57. The first-order valence-electron chi connectivity index (χ1n) is 10.4. The molecule has 160 valence electrons. The van der Waals surface area contributed by atoms with Crippen molar-refractivity contribution in [3.8, 4) is 11.5 Å². The second-order valence-electron chi connectivity index (χ2n) is 7.38. The van der Waals surface area contributed by atoms with E-state index in [0.717, 1.165) is 44.0 Å². The van der Waals surface area contributed by atoms with Crippen molar-refractivity contribution in [2.45, 2.75) is 26.3 Å². The number of benzene rings is 1. The number of methoxy groups -OCH3 is 1. The van der Waals surface area contributed by atoms with Crippen LogP contribution in [0.2, 0.25) is 0 Å². The molecular weight excluding hydrogens is 372 g/mol. The maximum absolute atomic E-state index is 12.7. The first-order valence-corrected chi connectivity index (χ1v) is 10.4. The molecule has 2 N–H and O–H groups in total. The molecule has 29 heavy (non-hydrogen) atoms. The number of likely N-dealkylation sites (tertiary alicyclic amines) is 1. The molecule has 1 aromatic rings. The van der Waals surface area contributed by atoms with Crippen LogP contribution in [0.5, 0.6) is 11.5 Å². The minimum Gasteiger partial charge on any atom is -0.504 e. The molecule has 0 saturated carbocycles. The molecule has 3 rings (SSSR count). The molecule has 0 radical (unpaired) electrons. The molecule has 2 aliphatic heterocycles. The zero-order valence-electron chi connectivity index (χ0n) is 17.4. The van der Waals surface area contributed by atoms with Crippen molar-refractivity contribution in [2.24, 2.45) is 10.9 Å². The fourth-order valence-electron chi connectivity index (χ4n) is 3.81. The predicted octanol–water partition coefficient (Wildman–Crippen LogP) is 1.44. The van der Waals surface area contributed by atoms with E-state index in [1.807, 2.05) is 17.9 Å². The van der Waals surface area contributed by atoms with Gasteiger partial charge in [-0.3, -0.25) is 4.79 Å². The summed E-state index contributed by atoms with van der Waals surface area (Å²) in [6, 6.07) is 5.33. The van der Waals surface area contributed by atoms with E-state index >= 15 is 0 Å². The summed E-state index contributed by atoms with van der Waals surface area (Å²) in [6.07, 6.45) is 1.67. The lowest BCUT2D eigenvalue weighted by Crippen LogP contribution is -2.50. The first-order chi connectivity index (χ1) is 14.1. The number of rotatable bonds is 5. The summed E-state index contributed by atoms with van der Waals surface area (Å²) in [5, 5.41) is 13.3. The molecule has 0 spiro atoms. The van der Waals surface area contributed by atoms with Gasteiger partial charge in [-0.05, 0) is 37.5 Å². The predicted molar refractivity (Wildman–Crippen MR) is 111 cm³/mol. The minimum atomic E-state index is 0.0887. The van der Waals surface area contributed by atoms with Gasteiger partial charge < -0.3 is 29.7 Å². The molecular formula is C21H32N4O4. The molecule has 2 aliphatic rings. The van der Waals surface area contributed by atoms with Gasteiger partial charge in [0.1, 0.15) is 0 Å². The van der Waals surface area contributed by atoms with Crippen LogP contribution in [0, 0.1) is 5.92 Å². The second kappa shape index (κ2) is 10.3. The van der Waals surface area contributed by atoms with Crippen molar-refractivity contribution in [1.29, 1.82) is 0 Å². The molecule has 2 fully saturated rings. The number of phenols is 1. The summed E-state index contributed by atoms with van der Waals surface area (Å²) >= 11 is 0. The van der Waals surface area contributed by atoms with Crippen LogP contribution in [0.1, 0.15) is 25.3 Å². The van der Waals surface area contributed by atoms with Crippen LogP contribution in [-0.4, -0.2) is 79.8 Å². The fraction of sp³-hybridized carbons (Fsp3) is 0.619. The van der Waals surface area contributed by atoms with Crippen LogP contribution in [0.15, 0.2) is 23.2 Å². The summed E-state index contributed by atoms with van der Waals surface area (Å²) in [5.41, 5.74) is 0.913. The summed E-state index contributed by atoms with van der Waals surface area (Å²) < 4.78 is 10.4. The third-order valence-corrected chi connectivity index (χ3v) is 5.46. The van der Waals surface area contributed by atoms with Gasteiger partial charge in [0.25, 0.3) is 0 Å². The number of aliphatic imine (C=N–C) groups is 1. The number of nitrogens with one attached hydrogen (secondary N) is 1. The Morgan fingerprint density at radius 2 is 1.97 bits per heavy atom. The van der Waals surface area contributed by atoms with Gasteiger partial charge in [-0.1, -0.05) is 6.07 Å². The molecule has 2 saturated heterocycles. The number of piperidine rings is 1. The van der Waals surface area contributed by atoms with Crippen molar-refractivity contribution in [3.05, 3.63) is 23.8 Å². The van der Waals surface area contributed by atoms with Gasteiger partial charge >= 0.3 is 0 Å². The molecule has 0 unspecified atom stereocenters. The molecule has 0 aromatic heterocycles. The lowest BCUT2D eigenvalue weighted by atomic mass is 9.95. The van der Waals surface area contributed by atoms with Gasteiger partial charge in [-0.25, -0.2) is 4.99 Å². The maximum Gasteiger partial charge on any atom is 0.225 e. The molecule has 8 nitrogen and oxygen atoms in total. The van der Waals surface area contributed by atoms with Gasteiger partial charge in [-0.15, -0.1) is 0 Å². The number of phenolic OH excluding ortho intramolecular Hbond substituents is 1. The Hall–Kier alpha value is -2.48. The summed E-state index contributed by atoms with van der Waals surface area (Å²) in [7, 11) is 1.53. The highest BCUT2D eigenvalue weighted by molar-refractivity contribution is 5.82. The van der Waals surface area contributed by atoms with E-state index in [1.165, 1.54) is 7.11 Å². The van der Waals surface area contributed by atoms with Gasteiger partial charge in [0.05, 0.1) is 26.9 Å². The smallest absolute Gasteiger partial charge is 0.225 e. The number of aromatic hydroxyl groups is 1. The zero-order chi connectivity index (χ0) is 20.6. The number of hydrogen-bond acceptors (Lipinski definition) is 5. The number of guanidine groups is 1. The monoisotopic (exact) mass is 404 g/mol. The second-order valence-corrected chi connectivity index (χ2v) is 7.38.